The molecular formula is C19H17NO3S2. The fraction of sp³-hybridized carbons (Fsp3) is 0.263. The zero-order chi connectivity index (χ0) is 17.0. The summed E-state index contributed by atoms with van der Waals surface area (Å²) in [6.45, 7) is 0.511. The lowest BCUT2D eigenvalue weighted by Crippen LogP contribution is -2.31. The average Bonchev–Trinajstić information content (AvgIpc) is 3.36. The average molecular weight is 371 g/mol. The van der Waals surface area contributed by atoms with Crippen molar-refractivity contribution in [2.45, 2.75) is 23.1 Å². The molecule has 6 heteroatoms. The number of aryl methyl sites for hydroxylation is 2. The Morgan fingerprint density at radius 3 is 2.84 bits per heavy atom. The summed E-state index contributed by atoms with van der Waals surface area (Å²) in [5, 5.41) is 1.98. The van der Waals surface area contributed by atoms with Crippen LogP contribution in [0.4, 0.5) is 0 Å². The molecule has 25 heavy (non-hydrogen) atoms. The molecule has 2 heterocycles. The van der Waals surface area contributed by atoms with Crippen molar-refractivity contribution >= 4 is 32.6 Å². The Hall–Kier alpha value is -1.76. The van der Waals surface area contributed by atoms with E-state index in [9.17, 15) is 8.42 Å². The Labute approximate surface area is 150 Å². The lowest BCUT2D eigenvalue weighted by molar-refractivity contribution is 0.383. The van der Waals surface area contributed by atoms with E-state index in [4.69, 9.17) is 4.42 Å². The monoisotopic (exact) mass is 371 g/mol. The van der Waals surface area contributed by atoms with Crippen LogP contribution in [0.3, 0.4) is 0 Å². The summed E-state index contributed by atoms with van der Waals surface area (Å²) in [5.41, 5.74) is 2.23. The van der Waals surface area contributed by atoms with Gasteiger partial charge in [0.25, 0.3) is 0 Å². The topological polar surface area (TPSA) is 50.5 Å². The summed E-state index contributed by atoms with van der Waals surface area (Å²) in [4.78, 5) is 0.462. The highest BCUT2D eigenvalue weighted by Gasteiger charge is 2.40. The highest BCUT2D eigenvalue weighted by molar-refractivity contribution is 8.01. The van der Waals surface area contributed by atoms with Gasteiger partial charge < -0.3 is 4.42 Å². The fourth-order valence-corrected chi connectivity index (χ4v) is 7.39. The number of furan rings is 1. The molecule has 5 rings (SSSR count). The minimum Gasteiger partial charge on any atom is -0.467 e. The van der Waals surface area contributed by atoms with Gasteiger partial charge in [-0.2, -0.15) is 4.31 Å². The van der Waals surface area contributed by atoms with Crippen LogP contribution in [0.1, 0.15) is 22.3 Å². The van der Waals surface area contributed by atoms with Crippen molar-refractivity contribution in [2.75, 3.05) is 12.3 Å². The third-order valence-corrected chi connectivity index (χ3v) is 8.37. The molecule has 0 N–H and O–H groups in total. The SMILES string of the molecule is O=S(=O)(c1ccc2cccc3c2c1CC3)N1CCS[C@@H]1c1ccco1. The summed E-state index contributed by atoms with van der Waals surface area (Å²) < 4.78 is 34.0. The van der Waals surface area contributed by atoms with E-state index >= 15 is 0 Å². The molecule has 4 nitrogen and oxygen atoms in total. The molecule has 2 aromatic carbocycles. The molecule has 1 saturated heterocycles. The van der Waals surface area contributed by atoms with Crippen LogP contribution in [0.25, 0.3) is 10.8 Å². The predicted octanol–water partition coefficient (Wildman–Crippen LogP) is 3.97. The third-order valence-electron chi connectivity index (χ3n) is 5.06. The quantitative estimate of drug-likeness (QED) is 0.699. The lowest BCUT2D eigenvalue weighted by atomic mass is 10.1. The normalized spacial score (nSPS) is 20.6. The van der Waals surface area contributed by atoms with Crippen LogP contribution in [0.5, 0.6) is 0 Å². The fourth-order valence-electron chi connectivity index (χ4n) is 3.96. The van der Waals surface area contributed by atoms with Crippen molar-refractivity contribution in [3.8, 4) is 0 Å². The van der Waals surface area contributed by atoms with Crippen molar-refractivity contribution in [2.24, 2.45) is 0 Å². The van der Waals surface area contributed by atoms with Crippen molar-refractivity contribution in [3.05, 3.63) is 65.6 Å². The van der Waals surface area contributed by atoms with E-state index in [1.54, 1.807) is 34.5 Å². The van der Waals surface area contributed by atoms with Crippen molar-refractivity contribution < 1.29 is 12.8 Å². The van der Waals surface area contributed by atoms with E-state index in [1.807, 2.05) is 18.2 Å². The van der Waals surface area contributed by atoms with Crippen LogP contribution in [0.2, 0.25) is 0 Å². The molecule has 1 aliphatic carbocycles. The first kappa shape index (κ1) is 15.5. The Kier molecular flexibility index (Phi) is 3.48. The standard InChI is InChI=1S/C19H17NO3S2/c21-25(22,20-10-12-24-19(20)16-5-2-11-23-16)17-9-7-14-4-1-3-13-6-8-15(17)18(13)14/h1-5,7,9,11,19H,6,8,10,12H2/t19-/m1/s1. The maximum Gasteiger partial charge on any atom is 0.244 e. The van der Waals surface area contributed by atoms with Gasteiger partial charge in [0.2, 0.25) is 10.0 Å². The summed E-state index contributed by atoms with van der Waals surface area (Å²) in [5.74, 6) is 1.47. The number of sulfonamides is 1. The maximum absolute atomic E-state index is 13.5. The minimum atomic E-state index is -3.56. The van der Waals surface area contributed by atoms with E-state index in [1.165, 1.54) is 5.56 Å². The largest absolute Gasteiger partial charge is 0.467 e. The zero-order valence-electron chi connectivity index (χ0n) is 13.5. The molecule has 3 aromatic rings. The first-order valence-electron chi connectivity index (χ1n) is 8.36. The summed E-state index contributed by atoms with van der Waals surface area (Å²) in [6.07, 6.45) is 3.30. The van der Waals surface area contributed by atoms with Gasteiger partial charge in [-0.3, -0.25) is 0 Å². The van der Waals surface area contributed by atoms with Crippen LogP contribution < -0.4 is 0 Å². The Morgan fingerprint density at radius 1 is 1.08 bits per heavy atom. The van der Waals surface area contributed by atoms with Crippen molar-refractivity contribution in [1.82, 2.24) is 4.31 Å². The smallest absolute Gasteiger partial charge is 0.244 e. The number of hydrogen-bond acceptors (Lipinski definition) is 4. The van der Waals surface area contributed by atoms with E-state index in [0.29, 0.717) is 17.2 Å². The molecule has 1 aromatic heterocycles. The molecule has 1 atom stereocenters. The predicted molar refractivity (Wildman–Crippen MR) is 99.2 cm³/mol. The molecule has 1 fully saturated rings. The molecule has 0 spiro atoms. The molecule has 0 amide bonds. The molecule has 2 aliphatic rings. The van der Waals surface area contributed by atoms with E-state index in [0.717, 1.165) is 34.9 Å². The van der Waals surface area contributed by atoms with Gasteiger partial charge in [-0.05, 0) is 52.9 Å². The van der Waals surface area contributed by atoms with Crippen LogP contribution in [0.15, 0.2) is 58.0 Å². The summed E-state index contributed by atoms with van der Waals surface area (Å²) in [7, 11) is -3.56. The number of nitrogens with zero attached hydrogens (tertiary/aromatic N) is 1. The Morgan fingerprint density at radius 2 is 2.00 bits per heavy atom. The number of benzene rings is 2. The highest BCUT2D eigenvalue weighted by Crippen LogP contribution is 2.43. The molecule has 0 unspecified atom stereocenters. The van der Waals surface area contributed by atoms with Crippen molar-refractivity contribution in [3.63, 3.8) is 0 Å². The van der Waals surface area contributed by atoms with E-state index in [2.05, 4.69) is 12.1 Å². The van der Waals surface area contributed by atoms with Gasteiger partial charge in [-0.25, -0.2) is 8.42 Å². The van der Waals surface area contributed by atoms with Crippen LogP contribution in [0, 0.1) is 0 Å². The maximum atomic E-state index is 13.5. The van der Waals surface area contributed by atoms with Gasteiger partial charge in [-0.15, -0.1) is 11.8 Å². The molecule has 0 radical (unpaired) electrons. The van der Waals surface area contributed by atoms with E-state index < -0.39 is 10.0 Å². The molecule has 128 valence electrons. The lowest BCUT2D eigenvalue weighted by Gasteiger charge is -2.23. The van der Waals surface area contributed by atoms with Gasteiger partial charge in [0.05, 0.1) is 11.2 Å². The second-order valence-corrected chi connectivity index (χ2v) is 9.46. The number of thioether (sulfide) groups is 1. The van der Waals surface area contributed by atoms with Crippen LogP contribution in [-0.4, -0.2) is 25.0 Å². The van der Waals surface area contributed by atoms with Gasteiger partial charge >= 0.3 is 0 Å². The summed E-state index contributed by atoms with van der Waals surface area (Å²) in [6, 6.07) is 13.6. The van der Waals surface area contributed by atoms with Gasteiger partial charge in [0.1, 0.15) is 11.1 Å². The minimum absolute atomic E-state index is 0.278. The van der Waals surface area contributed by atoms with Gasteiger partial charge in [0.15, 0.2) is 0 Å². The van der Waals surface area contributed by atoms with Gasteiger partial charge in [0, 0.05) is 12.3 Å². The molecular weight excluding hydrogens is 354 g/mol. The van der Waals surface area contributed by atoms with Crippen LogP contribution in [-0.2, 0) is 22.9 Å². The number of rotatable bonds is 3. The first-order valence-corrected chi connectivity index (χ1v) is 10.9. The molecule has 0 saturated carbocycles. The molecule has 1 aliphatic heterocycles. The summed E-state index contributed by atoms with van der Waals surface area (Å²) >= 11 is 1.61. The second-order valence-electron chi connectivity index (χ2n) is 6.41. The van der Waals surface area contributed by atoms with Crippen LogP contribution >= 0.6 is 11.8 Å². The zero-order valence-corrected chi connectivity index (χ0v) is 15.1. The molecule has 0 bridgehead atoms. The van der Waals surface area contributed by atoms with Crippen molar-refractivity contribution in [1.29, 1.82) is 0 Å². The van der Waals surface area contributed by atoms with Gasteiger partial charge in [-0.1, -0.05) is 24.3 Å². The number of hydrogen-bond donors (Lipinski definition) is 0. The second kappa shape index (κ2) is 5.62. The highest BCUT2D eigenvalue weighted by atomic mass is 32.2. The Bertz CT molecular complexity index is 1060. The third kappa shape index (κ3) is 2.28. The van der Waals surface area contributed by atoms with E-state index in [-0.39, 0.29) is 5.37 Å². The first-order chi connectivity index (χ1) is 12.2. The Balaban J connectivity index is 1.65.